The highest BCUT2D eigenvalue weighted by molar-refractivity contribution is 5.91. The van der Waals surface area contributed by atoms with Crippen LogP contribution in [0.15, 0.2) is 58.8 Å². The van der Waals surface area contributed by atoms with Crippen molar-refractivity contribution in [3.8, 4) is 0 Å². The van der Waals surface area contributed by atoms with Gasteiger partial charge in [-0.15, -0.1) is 0 Å². The van der Waals surface area contributed by atoms with Crippen molar-refractivity contribution in [2.24, 2.45) is 0 Å². The zero-order valence-corrected chi connectivity index (χ0v) is 9.38. The van der Waals surface area contributed by atoms with Crippen molar-refractivity contribution in [2.45, 2.75) is 0 Å². The number of fused-ring (bicyclic) bond motifs is 2. The molecule has 18 heavy (non-hydrogen) atoms. The molecule has 0 saturated heterocycles. The van der Waals surface area contributed by atoms with Gasteiger partial charge < -0.3 is 4.42 Å². The van der Waals surface area contributed by atoms with Crippen LogP contribution >= 0.6 is 0 Å². The first-order chi connectivity index (χ1) is 8.93. The topological polar surface area (TPSA) is 37.6 Å². The van der Waals surface area contributed by atoms with Gasteiger partial charge in [-0.1, -0.05) is 24.3 Å². The van der Waals surface area contributed by atoms with Gasteiger partial charge in [-0.25, -0.2) is 10.5 Å². The summed E-state index contributed by atoms with van der Waals surface area (Å²) in [4.78, 5) is 5.35. The molecule has 2 aromatic rings. The predicted molar refractivity (Wildman–Crippen MR) is 66.3 cm³/mol. The van der Waals surface area contributed by atoms with Gasteiger partial charge in [0.1, 0.15) is 11.3 Å². The number of nitrogens with one attached hydrogen (secondary N) is 1. The fraction of sp³-hybridized carbons (Fsp3) is 0. The average Bonchev–Trinajstić information content (AvgIpc) is 3.01. The van der Waals surface area contributed by atoms with Crippen LogP contribution in [0.4, 0.5) is 0 Å². The first kappa shape index (κ1) is 9.56. The van der Waals surface area contributed by atoms with E-state index in [4.69, 9.17) is 9.36 Å². The Hall–Kier alpha value is -2.46. The Labute approximate surface area is 103 Å². The van der Waals surface area contributed by atoms with Crippen LogP contribution in [0.3, 0.4) is 0 Å². The van der Waals surface area contributed by atoms with Crippen molar-refractivity contribution in [3.05, 3.63) is 66.2 Å². The monoisotopic (exact) mass is 237 g/mol. The van der Waals surface area contributed by atoms with E-state index in [2.05, 4.69) is 11.7 Å². The van der Waals surface area contributed by atoms with E-state index in [0.717, 1.165) is 27.9 Å². The molecule has 0 saturated carbocycles. The van der Waals surface area contributed by atoms with E-state index in [0.29, 0.717) is 0 Å². The van der Waals surface area contributed by atoms with Crippen LogP contribution in [0.5, 0.6) is 0 Å². The fourth-order valence-corrected chi connectivity index (χ4v) is 2.14. The second-order valence-corrected chi connectivity index (χ2v) is 4.06. The lowest BCUT2D eigenvalue weighted by atomic mass is 10.1. The number of hydrogen-bond donors (Lipinski definition) is 1. The maximum atomic E-state index is 5.43. The van der Waals surface area contributed by atoms with Gasteiger partial charge in [0.2, 0.25) is 0 Å². The zero-order valence-electron chi connectivity index (χ0n) is 9.38. The molecule has 2 aliphatic heterocycles. The molecule has 0 bridgehead atoms. The van der Waals surface area contributed by atoms with Crippen molar-refractivity contribution in [2.75, 3.05) is 0 Å². The van der Waals surface area contributed by atoms with Gasteiger partial charge in [-0.2, -0.15) is 4.94 Å². The van der Waals surface area contributed by atoms with Crippen molar-refractivity contribution in [1.29, 1.82) is 0 Å². The first-order valence-electron chi connectivity index (χ1n) is 5.64. The highest BCUT2D eigenvalue weighted by Gasteiger charge is 2.25. The maximum absolute atomic E-state index is 5.43. The summed E-state index contributed by atoms with van der Waals surface area (Å²) in [6, 6.07) is 7.84. The first-order valence-corrected chi connectivity index (χ1v) is 5.64. The van der Waals surface area contributed by atoms with Gasteiger partial charge in [0.25, 0.3) is 0 Å². The van der Waals surface area contributed by atoms with Crippen LogP contribution < -0.4 is 5.48 Å². The minimum Gasteiger partial charge on any atom is -0.452 e. The molecule has 4 heteroatoms. The number of para-hydroxylation sites is 1. The SMILES string of the molecule is [c]1oc2ccccc2c1C1=C2C=CC=CN2ON1. The fourth-order valence-electron chi connectivity index (χ4n) is 2.14. The van der Waals surface area contributed by atoms with E-state index in [1.54, 1.807) is 5.06 Å². The van der Waals surface area contributed by atoms with Crippen LogP contribution in [-0.2, 0) is 4.94 Å². The van der Waals surface area contributed by atoms with Gasteiger partial charge in [0, 0.05) is 11.6 Å². The Morgan fingerprint density at radius 3 is 3.11 bits per heavy atom. The largest absolute Gasteiger partial charge is 0.452 e. The van der Waals surface area contributed by atoms with E-state index in [1.165, 1.54) is 0 Å². The quantitative estimate of drug-likeness (QED) is 0.827. The molecular weight excluding hydrogens is 228 g/mol. The smallest absolute Gasteiger partial charge is 0.180 e. The summed E-state index contributed by atoms with van der Waals surface area (Å²) in [5.74, 6) is 0. The minimum atomic E-state index is 0.816. The summed E-state index contributed by atoms with van der Waals surface area (Å²) in [6.45, 7) is 0. The Bertz CT molecular complexity index is 709. The van der Waals surface area contributed by atoms with Gasteiger partial charge >= 0.3 is 0 Å². The molecule has 1 aromatic heterocycles. The molecular formula is C14H9N2O2. The van der Waals surface area contributed by atoms with Crippen LogP contribution in [0.25, 0.3) is 16.7 Å². The number of benzene rings is 1. The number of nitrogens with zero attached hydrogens (tertiary/aromatic N) is 1. The van der Waals surface area contributed by atoms with Gasteiger partial charge in [-0.05, 0) is 18.2 Å². The molecule has 1 N–H and O–H groups in total. The lowest BCUT2D eigenvalue weighted by Gasteiger charge is -2.12. The van der Waals surface area contributed by atoms with Gasteiger partial charge in [0.15, 0.2) is 6.26 Å². The molecule has 87 valence electrons. The lowest BCUT2D eigenvalue weighted by molar-refractivity contribution is -0.110. The molecule has 0 fully saturated rings. The molecule has 0 unspecified atom stereocenters. The Kier molecular flexibility index (Phi) is 1.87. The second kappa shape index (κ2) is 3.51. The number of allylic oxidation sites excluding steroid dienone is 3. The van der Waals surface area contributed by atoms with Gasteiger partial charge in [-0.3, -0.25) is 0 Å². The van der Waals surface area contributed by atoms with Crippen LogP contribution in [0.2, 0.25) is 0 Å². The Balaban J connectivity index is 1.93. The highest BCUT2D eigenvalue weighted by atomic mass is 16.8. The van der Waals surface area contributed by atoms with Crippen molar-refractivity contribution < 1.29 is 9.36 Å². The lowest BCUT2D eigenvalue weighted by Crippen LogP contribution is -2.14. The van der Waals surface area contributed by atoms with Gasteiger partial charge in [0.05, 0.1) is 11.3 Å². The highest BCUT2D eigenvalue weighted by Crippen LogP contribution is 2.32. The van der Waals surface area contributed by atoms with Crippen molar-refractivity contribution in [3.63, 3.8) is 0 Å². The Morgan fingerprint density at radius 1 is 1.17 bits per heavy atom. The Morgan fingerprint density at radius 2 is 2.11 bits per heavy atom. The summed E-state index contributed by atoms with van der Waals surface area (Å²) in [5, 5.41) is 2.69. The number of rotatable bonds is 1. The number of hydrogen-bond acceptors (Lipinski definition) is 4. The number of hydroxylamine groups is 3. The third-order valence-electron chi connectivity index (χ3n) is 3.00. The van der Waals surface area contributed by atoms with Crippen LogP contribution in [0.1, 0.15) is 5.56 Å². The molecule has 0 spiro atoms. The molecule has 3 heterocycles. The summed E-state index contributed by atoms with van der Waals surface area (Å²) < 4.78 is 5.43. The normalized spacial score (nSPS) is 17.4. The molecule has 1 aromatic carbocycles. The second-order valence-electron chi connectivity index (χ2n) is 4.06. The third-order valence-corrected chi connectivity index (χ3v) is 3.00. The molecule has 0 amide bonds. The predicted octanol–water partition coefficient (Wildman–Crippen LogP) is 2.74. The standard InChI is InChI=1S/C14H9N2O2/c1-2-7-13-10(5-1)11(9-17-13)14-12-6-3-4-8-16(12)18-15-14/h1-8,15H. The molecule has 4 nitrogen and oxygen atoms in total. The van der Waals surface area contributed by atoms with E-state index in [-0.39, 0.29) is 0 Å². The average molecular weight is 237 g/mol. The van der Waals surface area contributed by atoms with E-state index in [1.807, 2.05) is 48.7 Å². The molecule has 2 aliphatic rings. The summed E-state index contributed by atoms with van der Waals surface area (Å²) >= 11 is 0. The van der Waals surface area contributed by atoms with Crippen LogP contribution in [-0.4, -0.2) is 5.06 Å². The van der Waals surface area contributed by atoms with Crippen molar-refractivity contribution >= 4 is 16.7 Å². The molecule has 1 radical (unpaired) electrons. The molecule has 0 atom stereocenters. The van der Waals surface area contributed by atoms with E-state index >= 15 is 0 Å². The zero-order chi connectivity index (χ0) is 11.9. The van der Waals surface area contributed by atoms with Crippen molar-refractivity contribution in [1.82, 2.24) is 10.5 Å². The van der Waals surface area contributed by atoms with E-state index in [9.17, 15) is 0 Å². The minimum absolute atomic E-state index is 0.816. The summed E-state index contributed by atoms with van der Waals surface area (Å²) in [6.07, 6.45) is 10.6. The third kappa shape index (κ3) is 1.23. The summed E-state index contributed by atoms with van der Waals surface area (Å²) in [5.41, 5.74) is 6.41. The van der Waals surface area contributed by atoms with Crippen LogP contribution in [0, 0.1) is 6.26 Å². The maximum Gasteiger partial charge on any atom is 0.180 e. The molecule has 4 rings (SSSR count). The number of furan rings is 1. The molecule has 0 aliphatic carbocycles. The van der Waals surface area contributed by atoms with E-state index < -0.39 is 0 Å². The summed E-state index contributed by atoms with van der Waals surface area (Å²) in [7, 11) is 0.